The van der Waals surface area contributed by atoms with Crippen LogP contribution in [0.5, 0.6) is 0 Å². The number of nitrogens with zero attached hydrogens (tertiary/aromatic N) is 1. The van der Waals surface area contributed by atoms with Crippen molar-refractivity contribution in [3.63, 3.8) is 0 Å². The third-order valence-corrected chi connectivity index (χ3v) is 1.83. The highest BCUT2D eigenvalue weighted by Gasteiger charge is 1.95. The van der Waals surface area contributed by atoms with Crippen molar-refractivity contribution in [1.82, 2.24) is 0 Å². The molecule has 2 heteroatoms. The lowest BCUT2D eigenvalue weighted by Gasteiger charge is -1.99. The van der Waals surface area contributed by atoms with Gasteiger partial charge in [-0.1, -0.05) is 24.3 Å². The van der Waals surface area contributed by atoms with Crippen LogP contribution in [0.3, 0.4) is 0 Å². The average molecular weight is 173 g/mol. The van der Waals surface area contributed by atoms with Gasteiger partial charge in [-0.15, -0.1) is 0 Å². The van der Waals surface area contributed by atoms with E-state index in [0.717, 1.165) is 11.1 Å². The molecule has 0 saturated carbocycles. The smallest absolute Gasteiger partial charge is 0.0971 e. The van der Waals surface area contributed by atoms with Gasteiger partial charge in [-0.3, -0.25) is 0 Å². The lowest BCUT2D eigenvalue weighted by atomic mass is 10.1. The number of benzene rings is 1. The molecule has 0 radical (unpaired) electrons. The molecule has 0 heterocycles. The van der Waals surface area contributed by atoms with E-state index in [9.17, 15) is 0 Å². The highest BCUT2D eigenvalue weighted by atomic mass is 16.3. The van der Waals surface area contributed by atoms with Gasteiger partial charge in [0.15, 0.2) is 0 Å². The van der Waals surface area contributed by atoms with Crippen molar-refractivity contribution in [2.75, 3.05) is 6.61 Å². The molecule has 66 valence electrons. The first kappa shape index (κ1) is 9.50. The van der Waals surface area contributed by atoms with E-state index in [2.05, 4.69) is 0 Å². The molecule has 0 atom stereocenters. The van der Waals surface area contributed by atoms with Gasteiger partial charge in [0.1, 0.15) is 0 Å². The van der Waals surface area contributed by atoms with Crippen LogP contribution in [0.1, 0.15) is 11.1 Å². The number of hydrogen-bond acceptors (Lipinski definition) is 2. The Balaban J connectivity index is 3.04. The number of aryl methyl sites for hydroxylation is 1. The molecule has 0 amide bonds. The first-order chi connectivity index (χ1) is 6.27. The second-order valence-electron chi connectivity index (χ2n) is 2.80. The Kier molecular flexibility index (Phi) is 3.24. The molecule has 0 aliphatic heterocycles. The molecule has 1 aromatic rings. The molecule has 0 spiro atoms. The van der Waals surface area contributed by atoms with Crippen molar-refractivity contribution >= 4 is 6.08 Å². The standard InChI is InChI=1S/C11H11NO/c1-9-4-2-3-5-11(9)6-10(7-12)8-13/h2-6,13H,8H2,1H3/b10-6+. The molecule has 0 saturated heterocycles. The highest BCUT2D eigenvalue weighted by molar-refractivity contribution is 5.59. The van der Waals surface area contributed by atoms with Gasteiger partial charge in [-0.2, -0.15) is 5.26 Å². The lowest BCUT2D eigenvalue weighted by molar-refractivity contribution is 0.337. The summed E-state index contributed by atoms with van der Waals surface area (Å²) in [6.07, 6.45) is 1.70. The van der Waals surface area contributed by atoms with Gasteiger partial charge in [0.25, 0.3) is 0 Å². The zero-order valence-corrected chi connectivity index (χ0v) is 7.49. The topological polar surface area (TPSA) is 44.0 Å². The van der Waals surface area contributed by atoms with Gasteiger partial charge in [0.05, 0.1) is 18.2 Å². The van der Waals surface area contributed by atoms with Crippen molar-refractivity contribution in [1.29, 1.82) is 5.26 Å². The predicted molar refractivity (Wildman–Crippen MR) is 51.9 cm³/mol. The molecular weight excluding hydrogens is 162 g/mol. The summed E-state index contributed by atoms with van der Waals surface area (Å²) in [5.74, 6) is 0. The van der Waals surface area contributed by atoms with Crippen molar-refractivity contribution in [3.05, 3.63) is 41.0 Å². The van der Waals surface area contributed by atoms with E-state index in [1.807, 2.05) is 37.3 Å². The van der Waals surface area contributed by atoms with Gasteiger partial charge >= 0.3 is 0 Å². The zero-order chi connectivity index (χ0) is 9.68. The van der Waals surface area contributed by atoms with Crippen LogP contribution in [0, 0.1) is 18.3 Å². The Morgan fingerprint density at radius 3 is 2.77 bits per heavy atom. The maximum absolute atomic E-state index is 8.79. The molecule has 2 nitrogen and oxygen atoms in total. The van der Waals surface area contributed by atoms with Gasteiger partial charge < -0.3 is 5.11 Å². The third-order valence-electron chi connectivity index (χ3n) is 1.83. The SMILES string of the molecule is Cc1ccccc1/C=C(\C#N)CO. The number of hydrogen-bond donors (Lipinski definition) is 1. The van der Waals surface area contributed by atoms with Crippen molar-refractivity contribution in [3.8, 4) is 6.07 Å². The fraction of sp³-hybridized carbons (Fsp3) is 0.182. The average Bonchev–Trinajstić information content (AvgIpc) is 2.17. The van der Waals surface area contributed by atoms with E-state index in [4.69, 9.17) is 10.4 Å². The second kappa shape index (κ2) is 4.44. The molecule has 1 rings (SSSR count). The largest absolute Gasteiger partial charge is 0.391 e. The normalized spacial score (nSPS) is 11.0. The number of nitriles is 1. The first-order valence-electron chi connectivity index (χ1n) is 4.05. The Bertz CT molecular complexity index is 361. The Morgan fingerprint density at radius 1 is 1.54 bits per heavy atom. The number of aliphatic hydroxyl groups excluding tert-OH is 1. The van der Waals surface area contributed by atoms with Crippen molar-refractivity contribution in [2.24, 2.45) is 0 Å². The Morgan fingerprint density at radius 2 is 2.23 bits per heavy atom. The van der Waals surface area contributed by atoms with Gasteiger partial charge in [-0.05, 0) is 24.1 Å². The van der Waals surface area contributed by atoms with Gasteiger partial charge in [0.2, 0.25) is 0 Å². The van der Waals surface area contributed by atoms with Gasteiger partial charge in [-0.25, -0.2) is 0 Å². The summed E-state index contributed by atoms with van der Waals surface area (Å²) in [4.78, 5) is 0. The zero-order valence-electron chi connectivity index (χ0n) is 7.49. The van der Waals surface area contributed by atoms with Crippen LogP contribution in [0.2, 0.25) is 0 Å². The molecule has 0 aliphatic rings. The number of aliphatic hydroxyl groups is 1. The van der Waals surface area contributed by atoms with Crippen LogP contribution >= 0.6 is 0 Å². The molecule has 0 unspecified atom stereocenters. The molecule has 0 aromatic heterocycles. The third kappa shape index (κ3) is 2.43. The van der Waals surface area contributed by atoms with Crippen LogP contribution in [-0.4, -0.2) is 11.7 Å². The van der Waals surface area contributed by atoms with Crippen LogP contribution < -0.4 is 0 Å². The fourth-order valence-corrected chi connectivity index (χ4v) is 1.05. The van der Waals surface area contributed by atoms with E-state index >= 15 is 0 Å². The molecule has 0 aliphatic carbocycles. The molecular formula is C11H11NO. The predicted octanol–water partition coefficient (Wildman–Crippen LogP) is 1.89. The number of rotatable bonds is 2. The van der Waals surface area contributed by atoms with Crippen LogP contribution in [0.4, 0.5) is 0 Å². The fourth-order valence-electron chi connectivity index (χ4n) is 1.05. The van der Waals surface area contributed by atoms with Crippen LogP contribution in [0.15, 0.2) is 29.8 Å². The summed E-state index contributed by atoms with van der Waals surface area (Å²) in [7, 11) is 0. The first-order valence-corrected chi connectivity index (χ1v) is 4.05. The summed E-state index contributed by atoms with van der Waals surface area (Å²) < 4.78 is 0. The molecule has 1 aromatic carbocycles. The molecule has 1 N–H and O–H groups in total. The maximum Gasteiger partial charge on any atom is 0.0971 e. The highest BCUT2D eigenvalue weighted by Crippen LogP contribution is 2.11. The molecule has 13 heavy (non-hydrogen) atoms. The summed E-state index contributed by atoms with van der Waals surface area (Å²) >= 11 is 0. The van der Waals surface area contributed by atoms with E-state index in [-0.39, 0.29) is 6.61 Å². The minimum absolute atomic E-state index is 0.204. The van der Waals surface area contributed by atoms with Crippen LogP contribution in [-0.2, 0) is 0 Å². The van der Waals surface area contributed by atoms with E-state index in [1.54, 1.807) is 6.08 Å². The summed E-state index contributed by atoms with van der Waals surface area (Å²) in [6, 6.07) is 9.68. The minimum atomic E-state index is -0.204. The monoisotopic (exact) mass is 173 g/mol. The van der Waals surface area contributed by atoms with E-state index in [0.29, 0.717) is 5.57 Å². The Hall–Kier alpha value is -1.59. The summed E-state index contributed by atoms with van der Waals surface area (Å²) in [5, 5.41) is 17.4. The lowest BCUT2D eigenvalue weighted by Crippen LogP contribution is -1.87. The minimum Gasteiger partial charge on any atom is -0.391 e. The Labute approximate surface area is 77.8 Å². The quantitative estimate of drug-likeness (QED) is 0.694. The van der Waals surface area contributed by atoms with E-state index in [1.165, 1.54) is 0 Å². The van der Waals surface area contributed by atoms with Gasteiger partial charge in [0, 0.05) is 0 Å². The van der Waals surface area contributed by atoms with Crippen molar-refractivity contribution in [2.45, 2.75) is 6.92 Å². The van der Waals surface area contributed by atoms with E-state index < -0.39 is 0 Å². The molecule has 0 bridgehead atoms. The summed E-state index contributed by atoms with van der Waals surface area (Å²) in [5.41, 5.74) is 2.46. The summed E-state index contributed by atoms with van der Waals surface area (Å²) in [6.45, 7) is 1.77. The van der Waals surface area contributed by atoms with Crippen LogP contribution in [0.25, 0.3) is 6.08 Å². The second-order valence-corrected chi connectivity index (χ2v) is 2.80. The maximum atomic E-state index is 8.79. The van der Waals surface area contributed by atoms with Crippen molar-refractivity contribution < 1.29 is 5.11 Å². The molecule has 0 fully saturated rings.